The van der Waals surface area contributed by atoms with Gasteiger partial charge in [-0.25, -0.2) is 0 Å². The molecule has 0 saturated carbocycles. The lowest BCUT2D eigenvalue weighted by Crippen LogP contribution is -2.26. The van der Waals surface area contributed by atoms with Crippen molar-refractivity contribution in [3.8, 4) is 0 Å². The SMILES string of the molecule is C=CCCCCCC(O)COC(C)(C)C. The highest BCUT2D eigenvalue weighted by molar-refractivity contribution is 4.66. The fourth-order valence-electron chi connectivity index (χ4n) is 1.27. The van der Waals surface area contributed by atoms with Gasteiger partial charge in [0.05, 0.1) is 18.3 Å². The highest BCUT2D eigenvalue weighted by Gasteiger charge is 2.13. The number of unbranched alkanes of at least 4 members (excludes halogenated alkanes) is 3. The number of aliphatic hydroxyl groups excluding tert-OH is 1. The Balaban J connectivity index is 3.33. The summed E-state index contributed by atoms with van der Waals surface area (Å²) in [5, 5.41) is 9.62. The van der Waals surface area contributed by atoms with Gasteiger partial charge in [-0.2, -0.15) is 0 Å². The Kier molecular flexibility index (Phi) is 7.71. The Hall–Kier alpha value is -0.340. The molecule has 1 N–H and O–H groups in total. The summed E-state index contributed by atoms with van der Waals surface area (Å²) in [7, 11) is 0. The fraction of sp³-hybridized carbons (Fsp3) is 0.846. The van der Waals surface area contributed by atoms with Gasteiger partial charge in [-0.05, 0) is 40.0 Å². The molecule has 15 heavy (non-hydrogen) atoms. The van der Waals surface area contributed by atoms with Crippen LogP contribution >= 0.6 is 0 Å². The zero-order valence-corrected chi connectivity index (χ0v) is 10.5. The van der Waals surface area contributed by atoms with Crippen molar-refractivity contribution < 1.29 is 9.84 Å². The largest absolute Gasteiger partial charge is 0.391 e. The van der Waals surface area contributed by atoms with E-state index in [1.807, 2.05) is 26.8 Å². The third-order valence-corrected chi connectivity index (χ3v) is 2.15. The monoisotopic (exact) mass is 214 g/mol. The topological polar surface area (TPSA) is 29.5 Å². The number of ether oxygens (including phenoxy) is 1. The van der Waals surface area contributed by atoms with E-state index in [0.29, 0.717) is 6.61 Å². The van der Waals surface area contributed by atoms with Gasteiger partial charge in [-0.3, -0.25) is 0 Å². The summed E-state index contributed by atoms with van der Waals surface area (Å²) in [6.45, 7) is 10.1. The average molecular weight is 214 g/mol. The van der Waals surface area contributed by atoms with Crippen molar-refractivity contribution in [2.75, 3.05) is 6.61 Å². The Morgan fingerprint density at radius 2 is 1.93 bits per heavy atom. The van der Waals surface area contributed by atoms with Crippen molar-refractivity contribution in [1.29, 1.82) is 0 Å². The number of hydrogen-bond acceptors (Lipinski definition) is 2. The standard InChI is InChI=1S/C13H26O2/c1-5-6-7-8-9-10-12(14)11-15-13(2,3)4/h5,12,14H,1,6-11H2,2-4H3. The maximum absolute atomic E-state index is 9.62. The van der Waals surface area contributed by atoms with Crippen molar-refractivity contribution in [1.82, 2.24) is 0 Å². The van der Waals surface area contributed by atoms with Crippen LogP contribution in [-0.4, -0.2) is 23.4 Å². The molecule has 0 bridgehead atoms. The minimum atomic E-state index is -0.312. The van der Waals surface area contributed by atoms with Crippen LogP contribution in [0.4, 0.5) is 0 Å². The predicted molar refractivity (Wildman–Crippen MR) is 65.0 cm³/mol. The van der Waals surface area contributed by atoms with Gasteiger partial charge in [0, 0.05) is 0 Å². The van der Waals surface area contributed by atoms with Crippen LogP contribution in [0.3, 0.4) is 0 Å². The Bertz CT molecular complexity index is 158. The van der Waals surface area contributed by atoms with E-state index in [1.165, 1.54) is 12.8 Å². The van der Waals surface area contributed by atoms with E-state index < -0.39 is 0 Å². The first kappa shape index (κ1) is 14.7. The third kappa shape index (κ3) is 11.6. The van der Waals surface area contributed by atoms with E-state index in [0.717, 1.165) is 19.3 Å². The molecule has 0 spiro atoms. The molecule has 2 nitrogen and oxygen atoms in total. The van der Waals surface area contributed by atoms with Crippen molar-refractivity contribution in [3.63, 3.8) is 0 Å². The summed E-state index contributed by atoms with van der Waals surface area (Å²) < 4.78 is 5.50. The van der Waals surface area contributed by atoms with Gasteiger partial charge in [0.1, 0.15) is 0 Å². The second-order valence-electron chi connectivity index (χ2n) is 5.00. The van der Waals surface area contributed by atoms with Crippen LogP contribution in [0.1, 0.15) is 52.9 Å². The molecule has 90 valence electrons. The maximum atomic E-state index is 9.62. The van der Waals surface area contributed by atoms with Crippen LogP contribution in [0, 0.1) is 0 Å². The Labute approximate surface area is 94.3 Å². The zero-order chi connectivity index (χ0) is 11.7. The molecule has 0 radical (unpaired) electrons. The lowest BCUT2D eigenvalue weighted by Gasteiger charge is -2.21. The highest BCUT2D eigenvalue weighted by atomic mass is 16.5. The average Bonchev–Trinajstić information content (AvgIpc) is 2.13. The van der Waals surface area contributed by atoms with Gasteiger partial charge >= 0.3 is 0 Å². The second-order valence-corrected chi connectivity index (χ2v) is 5.00. The van der Waals surface area contributed by atoms with Crippen LogP contribution in [0.5, 0.6) is 0 Å². The van der Waals surface area contributed by atoms with Gasteiger partial charge in [0.25, 0.3) is 0 Å². The minimum Gasteiger partial charge on any atom is -0.391 e. The number of rotatable bonds is 8. The Morgan fingerprint density at radius 3 is 2.47 bits per heavy atom. The van der Waals surface area contributed by atoms with Crippen molar-refractivity contribution in [2.45, 2.75) is 64.6 Å². The van der Waals surface area contributed by atoms with Gasteiger partial charge in [-0.1, -0.05) is 18.9 Å². The van der Waals surface area contributed by atoms with E-state index in [2.05, 4.69) is 6.58 Å². The molecule has 0 saturated heterocycles. The molecule has 0 aliphatic heterocycles. The highest BCUT2D eigenvalue weighted by Crippen LogP contribution is 2.10. The number of hydrogen-bond donors (Lipinski definition) is 1. The van der Waals surface area contributed by atoms with Gasteiger partial charge in [0.2, 0.25) is 0 Å². The second kappa shape index (κ2) is 7.89. The van der Waals surface area contributed by atoms with Crippen LogP contribution in [-0.2, 0) is 4.74 Å². The summed E-state index contributed by atoms with van der Waals surface area (Å²) in [6, 6.07) is 0. The maximum Gasteiger partial charge on any atom is 0.0774 e. The number of aliphatic hydroxyl groups is 1. The van der Waals surface area contributed by atoms with E-state index in [4.69, 9.17) is 4.74 Å². The molecule has 0 aromatic heterocycles. The Morgan fingerprint density at radius 1 is 1.27 bits per heavy atom. The lowest BCUT2D eigenvalue weighted by molar-refractivity contribution is -0.0509. The van der Waals surface area contributed by atoms with Gasteiger partial charge < -0.3 is 9.84 Å². The molecular weight excluding hydrogens is 188 g/mol. The molecule has 0 rings (SSSR count). The van der Waals surface area contributed by atoms with E-state index in [-0.39, 0.29) is 11.7 Å². The molecule has 1 atom stereocenters. The van der Waals surface area contributed by atoms with E-state index in [9.17, 15) is 5.11 Å². The molecule has 0 amide bonds. The van der Waals surface area contributed by atoms with Crippen molar-refractivity contribution >= 4 is 0 Å². The van der Waals surface area contributed by atoms with Crippen LogP contribution < -0.4 is 0 Å². The molecule has 0 aromatic rings. The summed E-state index contributed by atoms with van der Waals surface area (Å²) in [5.41, 5.74) is -0.149. The van der Waals surface area contributed by atoms with Crippen LogP contribution in [0.25, 0.3) is 0 Å². The fourth-order valence-corrected chi connectivity index (χ4v) is 1.27. The third-order valence-electron chi connectivity index (χ3n) is 2.15. The first-order valence-electron chi connectivity index (χ1n) is 5.88. The number of allylic oxidation sites excluding steroid dienone is 1. The first-order chi connectivity index (χ1) is 6.95. The molecule has 0 fully saturated rings. The molecular formula is C13H26O2. The normalized spacial score (nSPS) is 13.9. The minimum absolute atomic E-state index is 0.149. The van der Waals surface area contributed by atoms with Crippen molar-refractivity contribution in [3.05, 3.63) is 12.7 Å². The summed E-state index contributed by atoms with van der Waals surface area (Å²) >= 11 is 0. The summed E-state index contributed by atoms with van der Waals surface area (Å²) in [5.74, 6) is 0. The van der Waals surface area contributed by atoms with Crippen molar-refractivity contribution in [2.24, 2.45) is 0 Å². The van der Waals surface area contributed by atoms with Gasteiger partial charge in [0.15, 0.2) is 0 Å². The van der Waals surface area contributed by atoms with Crippen LogP contribution in [0.2, 0.25) is 0 Å². The first-order valence-corrected chi connectivity index (χ1v) is 5.88. The van der Waals surface area contributed by atoms with E-state index >= 15 is 0 Å². The van der Waals surface area contributed by atoms with E-state index in [1.54, 1.807) is 0 Å². The predicted octanol–water partition coefficient (Wildman–Crippen LogP) is 3.30. The molecule has 2 heteroatoms. The molecule has 0 aromatic carbocycles. The quantitative estimate of drug-likeness (QED) is 0.496. The van der Waals surface area contributed by atoms with Crippen LogP contribution in [0.15, 0.2) is 12.7 Å². The summed E-state index contributed by atoms with van der Waals surface area (Å²) in [4.78, 5) is 0. The summed E-state index contributed by atoms with van der Waals surface area (Å²) in [6.07, 6.45) is 6.96. The lowest BCUT2D eigenvalue weighted by atomic mass is 10.1. The molecule has 1 unspecified atom stereocenters. The molecule has 0 aliphatic carbocycles. The zero-order valence-electron chi connectivity index (χ0n) is 10.5. The smallest absolute Gasteiger partial charge is 0.0774 e. The molecule has 0 aliphatic rings. The molecule has 0 heterocycles. The van der Waals surface area contributed by atoms with Gasteiger partial charge in [-0.15, -0.1) is 6.58 Å².